The van der Waals surface area contributed by atoms with E-state index >= 15 is 0 Å². The monoisotopic (exact) mass is 336 g/mol. The minimum absolute atomic E-state index is 0.0735. The third kappa shape index (κ3) is 5.95. The summed E-state index contributed by atoms with van der Waals surface area (Å²) in [5.41, 5.74) is 8.14. The standard InChI is InChI=1S/C19H20N4O2/c1-14(16-9-11-17(25-2)12-10-16)22-23-19(20)21-18(24)13-8-15-6-4-3-5-7-15/h3-13H,1-2H3,(H3,20,21,23,24)/b13-8+,22-14-. The molecule has 1 amide bonds. The van der Waals surface area contributed by atoms with Gasteiger partial charge in [0, 0.05) is 6.08 Å². The molecule has 0 saturated carbocycles. The highest BCUT2D eigenvalue weighted by atomic mass is 16.5. The van der Waals surface area contributed by atoms with Gasteiger partial charge in [-0.15, -0.1) is 5.10 Å². The Kier molecular flexibility index (Phi) is 6.47. The number of nitrogens with zero attached hydrogens (tertiary/aromatic N) is 2. The summed E-state index contributed by atoms with van der Waals surface area (Å²) in [4.78, 5) is 11.8. The predicted octanol–water partition coefficient (Wildman–Crippen LogP) is 2.56. The summed E-state index contributed by atoms with van der Waals surface area (Å²) >= 11 is 0. The van der Waals surface area contributed by atoms with Gasteiger partial charge in [0.25, 0.3) is 5.91 Å². The van der Waals surface area contributed by atoms with Crippen LogP contribution in [0.4, 0.5) is 0 Å². The highest BCUT2D eigenvalue weighted by Gasteiger charge is 2.00. The van der Waals surface area contributed by atoms with Gasteiger partial charge >= 0.3 is 0 Å². The molecular formula is C19H20N4O2. The number of carbonyl (C=O) groups excluding carboxylic acids is 1. The second-order valence-electron chi connectivity index (χ2n) is 5.13. The minimum Gasteiger partial charge on any atom is -0.497 e. The Balaban J connectivity index is 1.95. The van der Waals surface area contributed by atoms with E-state index in [9.17, 15) is 4.79 Å². The van der Waals surface area contributed by atoms with Crippen molar-refractivity contribution in [2.45, 2.75) is 6.92 Å². The third-order valence-electron chi connectivity index (χ3n) is 3.29. The zero-order valence-corrected chi connectivity index (χ0v) is 14.1. The summed E-state index contributed by atoms with van der Waals surface area (Å²) in [7, 11) is 1.61. The molecule has 6 nitrogen and oxygen atoms in total. The van der Waals surface area contributed by atoms with Gasteiger partial charge in [-0.1, -0.05) is 30.3 Å². The molecule has 0 aliphatic carbocycles. The van der Waals surface area contributed by atoms with Crippen LogP contribution in [0, 0.1) is 0 Å². The number of hydrogen-bond acceptors (Lipinski definition) is 4. The molecule has 0 radical (unpaired) electrons. The lowest BCUT2D eigenvalue weighted by molar-refractivity contribution is -0.115. The first-order chi connectivity index (χ1) is 12.1. The average molecular weight is 336 g/mol. The lowest BCUT2D eigenvalue weighted by atomic mass is 10.1. The summed E-state index contributed by atoms with van der Waals surface area (Å²) in [5, 5.41) is 10.3. The first kappa shape index (κ1) is 17.9. The lowest BCUT2D eigenvalue weighted by Gasteiger charge is -2.02. The maximum Gasteiger partial charge on any atom is 0.250 e. The van der Waals surface area contributed by atoms with Gasteiger partial charge in [-0.05, 0) is 48.4 Å². The Morgan fingerprint density at radius 1 is 1.08 bits per heavy atom. The predicted molar refractivity (Wildman–Crippen MR) is 100 cm³/mol. The van der Waals surface area contributed by atoms with Crippen molar-refractivity contribution < 1.29 is 9.53 Å². The molecule has 0 aliphatic rings. The smallest absolute Gasteiger partial charge is 0.250 e. The average Bonchev–Trinajstić information content (AvgIpc) is 2.65. The number of hydrogen-bond donors (Lipinski definition) is 2. The largest absolute Gasteiger partial charge is 0.497 e. The Morgan fingerprint density at radius 2 is 1.76 bits per heavy atom. The highest BCUT2D eigenvalue weighted by molar-refractivity contribution is 6.04. The number of nitrogens with one attached hydrogen (secondary N) is 1. The van der Waals surface area contributed by atoms with Crippen molar-refractivity contribution in [3.8, 4) is 5.75 Å². The topological polar surface area (TPSA) is 89.1 Å². The summed E-state index contributed by atoms with van der Waals surface area (Å²) in [5.74, 6) is 0.315. The summed E-state index contributed by atoms with van der Waals surface area (Å²) < 4.78 is 5.10. The number of ether oxygens (including phenoxy) is 1. The molecule has 25 heavy (non-hydrogen) atoms. The molecule has 2 aromatic carbocycles. The van der Waals surface area contributed by atoms with E-state index in [0.717, 1.165) is 16.9 Å². The number of methoxy groups -OCH3 is 1. The van der Waals surface area contributed by atoms with E-state index < -0.39 is 0 Å². The Labute approximate surface area is 146 Å². The van der Waals surface area contributed by atoms with Gasteiger partial charge in [-0.2, -0.15) is 5.10 Å². The Bertz CT molecular complexity index is 794. The van der Waals surface area contributed by atoms with Crippen molar-refractivity contribution in [1.82, 2.24) is 5.32 Å². The number of rotatable bonds is 5. The molecule has 0 heterocycles. The van der Waals surface area contributed by atoms with Crippen LogP contribution in [-0.2, 0) is 4.79 Å². The van der Waals surface area contributed by atoms with Crippen molar-refractivity contribution >= 4 is 23.7 Å². The Hall–Kier alpha value is -3.41. The summed E-state index contributed by atoms with van der Waals surface area (Å²) in [6, 6.07) is 16.9. The zero-order chi connectivity index (χ0) is 18.1. The fourth-order valence-electron chi connectivity index (χ4n) is 1.95. The number of amides is 1. The molecule has 0 saturated heterocycles. The highest BCUT2D eigenvalue weighted by Crippen LogP contribution is 2.12. The quantitative estimate of drug-likeness (QED) is 0.381. The minimum atomic E-state index is -0.373. The maximum atomic E-state index is 11.8. The number of carbonyl (C=O) groups is 1. The molecule has 0 atom stereocenters. The van der Waals surface area contributed by atoms with Crippen LogP contribution in [-0.4, -0.2) is 24.7 Å². The van der Waals surface area contributed by atoms with Crippen molar-refractivity contribution in [3.63, 3.8) is 0 Å². The van der Waals surface area contributed by atoms with Crippen molar-refractivity contribution in [2.24, 2.45) is 15.9 Å². The fourth-order valence-corrected chi connectivity index (χ4v) is 1.95. The van der Waals surface area contributed by atoms with E-state index in [2.05, 4.69) is 15.5 Å². The van der Waals surface area contributed by atoms with Crippen molar-refractivity contribution in [1.29, 1.82) is 0 Å². The van der Waals surface area contributed by atoms with Gasteiger partial charge in [-0.25, -0.2) is 0 Å². The van der Waals surface area contributed by atoms with Crippen LogP contribution < -0.4 is 15.8 Å². The number of benzene rings is 2. The van der Waals surface area contributed by atoms with Crippen LogP contribution >= 0.6 is 0 Å². The van der Waals surface area contributed by atoms with Crippen LogP contribution in [0.15, 0.2) is 70.9 Å². The van der Waals surface area contributed by atoms with E-state index in [0.29, 0.717) is 5.71 Å². The number of guanidine groups is 1. The summed E-state index contributed by atoms with van der Waals surface area (Å²) in [6.45, 7) is 1.80. The van der Waals surface area contributed by atoms with E-state index in [1.165, 1.54) is 6.08 Å². The van der Waals surface area contributed by atoms with Gasteiger partial charge < -0.3 is 10.5 Å². The first-order valence-electron chi connectivity index (χ1n) is 7.65. The molecule has 2 rings (SSSR count). The molecule has 6 heteroatoms. The lowest BCUT2D eigenvalue weighted by Crippen LogP contribution is -2.35. The molecule has 0 aromatic heterocycles. The van der Waals surface area contributed by atoms with Gasteiger partial charge in [0.05, 0.1) is 12.8 Å². The molecule has 0 bridgehead atoms. The SMILES string of the molecule is COc1ccc(/C(C)=N\N=C(/N)NC(=O)/C=C/c2ccccc2)cc1. The van der Waals surface area contributed by atoms with Crippen LogP contribution in [0.25, 0.3) is 6.08 Å². The first-order valence-corrected chi connectivity index (χ1v) is 7.65. The van der Waals surface area contributed by atoms with Crippen molar-refractivity contribution in [2.75, 3.05) is 7.11 Å². The van der Waals surface area contributed by atoms with Gasteiger partial charge in [0.2, 0.25) is 5.96 Å². The molecule has 0 aliphatic heterocycles. The van der Waals surface area contributed by atoms with E-state index in [4.69, 9.17) is 10.5 Å². The van der Waals surface area contributed by atoms with E-state index in [1.54, 1.807) is 20.1 Å². The van der Waals surface area contributed by atoms with Crippen LogP contribution in [0.5, 0.6) is 5.75 Å². The Morgan fingerprint density at radius 3 is 2.40 bits per heavy atom. The molecule has 128 valence electrons. The molecule has 0 fully saturated rings. The fraction of sp³-hybridized carbons (Fsp3) is 0.105. The molecule has 0 unspecified atom stereocenters. The van der Waals surface area contributed by atoms with Gasteiger partial charge in [0.1, 0.15) is 5.75 Å². The van der Waals surface area contributed by atoms with Crippen LogP contribution in [0.3, 0.4) is 0 Å². The zero-order valence-electron chi connectivity index (χ0n) is 14.1. The van der Waals surface area contributed by atoms with Crippen LogP contribution in [0.1, 0.15) is 18.1 Å². The summed E-state index contributed by atoms with van der Waals surface area (Å²) in [6.07, 6.45) is 3.08. The van der Waals surface area contributed by atoms with Gasteiger partial charge in [0.15, 0.2) is 0 Å². The molecule has 2 aromatic rings. The van der Waals surface area contributed by atoms with E-state index in [-0.39, 0.29) is 11.9 Å². The van der Waals surface area contributed by atoms with Crippen LogP contribution in [0.2, 0.25) is 0 Å². The maximum absolute atomic E-state index is 11.8. The molecule has 0 spiro atoms. The second-order valence-corrected chi connectivity index (χ2v) is 5.13. The molecular weight excluding hydrogens is 316 g/mol. The van der Waals surface area contributed by atoms with Crippen molar-refractivity contribution in [3.05, 3.63) is 71.8 Å². The van der Waals surface area contributed by atoms with E-state index in [1.807, 2.05) is 54.6 Å². The van der Waals surface area contributed by atoms with Gasteiger partial charge in [-0.3, -0.25) is 10.1 Å². The molecule has 3 N–H and O–H groups in total. The normalized spacial score (nSPS) is 12.2. The number of nitrogens with two attached hydrogens (primary N) is 1. The third-order valence-corrected chi connectivity index (χ3v) is 3.29. The second kappa shape index (κ2) is 9.02.